The van der Waals surface area contributed by atoms with Crippen LogP contribution >= 0.6 is 0 Å². The van der Waals surface area contributed by atoms with Gasteiger partial charge in [0.05, 0.1) is 6.61 Å². The van der Waals surface area contributed by atoms with E-state index in [2.05, 4.69) is 0 Å². The zero-order valence-electron chi connectivity index (χ0n) is 10.4. The predicted octanol–water partition coefficient (Wildman–Crippen LogP) is 1.31. The quantitative estimate of drug-likeness (QED) is 0.404. The molecule has 0 spiro atoms. The zero-order valence-corrected chi connectivity index (χ0v) is 10.4. The van der Waals surface area contributed by atoms with Gasteiger partial charge in [-0.2, -0.15) is 0 Å². The van der Waals surface area contributed by atoms with Crippen LogP contribution in [-0.4, -0.2) is 28.8 Å². The van der Waals surface area contributed by atoms with Gasteiger partial charge in [0, 0.05) is 0 Å². The molecule has 0 fully saturated rings. The highest BCUT2D eigenvalue weighted by molar-refractivity contribution is 5.75. The molecule has 18 heavy (non-hydrogen) atoms. The van der Waals surface area contributed by atoms with Gasteiger partial charge in [0.1, 0.15) is 6.04 Å². The topological polar surface area (TPSA) is 92.8 Å². The van der Waals surface area contributed by atoms with Gasteiger partial charge >= 0.3 is 5.97 Å². The van der Waals surface area contributed by atoms with Gasteiger partial charge in [-0.3, -0.25) is 4.79 Å². The lowest BCUT2D eigenvalue weighted by atomic mass is 10.1. The van der Waals surface area contributed by atoms with Crippen molar-refractivity contribution >= 4 is 5.97 Å². The number of phenolic OH excluding ortho intramolecular Hbond substituents is 2. The van der Waals surface area contributed by atoms with Crippen LogP contribution in [0.2, 0.25) is 0 Å². The number of hydrogen-bond acceptors (Lipinski definition) is 5. The number of esters is 1. The average molecular weight is 253 g/mol. The van der Waals surface area contributed by atoms with Crippen LogP contribution in [0.5, 0.6) is 11.5 Å². The third kappa shape index (κ3) is 4.25. The van der Waals surface area contributed by atoms with Crippen LogP contribution in [0.25, 0.3) is 0 Å². The van der Waals surface area contributed by atoms with Crippen LogP contribution in [0.3, 0.4) is 0 Å². The van der Waals surface area contributed by atoms with Crippen molar-refractivity contribution in [3.63, 3.8) is 0 Å². The van der Waals surface area contributed by atoms with E-state index < -0.39 is 12.0 Å². The second kappa shape index (κ2) is 6.86. The Kier molecular flexibility index (Phi) is 5.45. The van der Waals surface area contributed by atoms with Crippen molar-refractivity contribution in [1.82, 2.24) is 0 Å². The van der Waals surface area contributed by atoms with Gasteiger partial charge in [-0.25, -0.2) is 0 Å². The zero-order chi connectivity index (χ0) is 13.5. The second-order valence-corrected chi connectivity index (χ2v) is 4.15. The summed E-state index contributed by atoms with van der Waals surface area (Å²) in [5.74, 6) is -0.868. The average Bonchev–Trinajstić information content (AvgIpc) is 2.34. The Hall–Kier alpha value is -1.75. The van der Waals surface area contributed by atoms with E-state index in [9.17, 15) is 9.90 Å². The van der Waals surface area contributed by atoms with Crippen LogP contribution in [-0.2, 0) is 16.0 Å². The molecule has 1 atom stereocenters. The Bertz CT molecular complexity index is 406. The molecule has 5 nitrogen and oxygen atoms in total. The summed E-state index contributed by atoms with van der Waals surface area (Å²) in [7, 11) is 0. The molecule has 0 aliphatic rings. The molecule has 0 radical (unpaired) electrons. The van der Waals surface area contributed by atoms with Gasteiger partial charge in [-0.15, -0.1) is 0 Å². The lowest BCUT2D eigenvalue weighted by Crippen LogP contribution is -2.34. The van der Waals surface area contributed by atoms with Crippen molar-refractivity contribution in [2.75, 3.05) is 6.61 Å². The smallest absolute Gasteiger partial charge is 0.323 e. The minimum Gasteiger partial charge on any atom is -0.504 e. The van der Waals surface area contributed by atoms with Crippen molar-refractivity contribution in [2.45, 2.75) is 32.2 Å². The molecule has 1 rings (SSSR count). The van der Waals surface area contributed by atoms with Gasteiger partial charge < -0.3 is 20.7 Å². The summed E-state index contributed by atoms with van der Waals surface area (Å²) < 4.78 is 4.99. The van der Waals surface area contributed by atoms with Crippen LogP contribution in [0.15, 0.2) is 18.2 Å². The molecule has 0 aliphatic heterocycles. The summed E-state index contributed by atoms with van der Waals surface area (Å²) in [6, 6.07) is 3.59. The Balaban J connectivity index is 2.50. The molecule has 0 aromatic heterocycles. The van der Waals surface area contributed by atoms with Gasteiger partial charge in [0.25, 0.3) is 0 Å². The van der Waals surface area contributed by atoms with Crippen LogP contribution in [0.4, 0.5) is 0 Å². The first-order valence-corrected chi connectivity index (χ1v) is 5.97. The number of carbonyl (C=O) groups excluding carboxylic acids is 1. The number of carbonyl (C=O) groups is 1. The summed E-state index contributed by atoms with van der Waals surface area (Å²) in [6.45, 7) is 2.39. The number of ether oxygens (including phenoxy) is 1. The van der Waals surface area contributed by atoms with E-state index in [0.29, 0.717) is 12.2 Å². The first kappa shape index (κ1) is 14.3. The molecule has 100 valence electrons. The van der Waals surface area contributed by atoms with Crippen LogP contribution < -0.4 is 5.73 Å². The first-order chi connectivity index (χ1) is 8.54. The third-order valence-electron chi connectivity index (χ3n) is 2.54. The molecule has 4 N–H and O–H groups in total. The summed E-state index contributed by atoms with van der Waals surface area (Å²) >= 11 is 0. The van der Waals surface area contributed by atoms with Crippen LogP contribution in [0.1, 0.15) is 25.3 Å². The Morgan fingerprint density at radius 1 is 1.39 bits per heavy atom. The molecule has 1 aromatic rings. The number of benzene rings is 1. The highest BCUT2D eigenvalue weighted by atomic mass is 16.5. The Morgan fingerprint density at radius 2 is 2.11 bits per heavy atom. The van der Waals surface area contributed by atoms with E-state index in [1.54, 1.807) is 6.07 Å². The van der Waals surface area contributed by atoms with Crippen LogP contribution in [0, 0.1) is 0 Å². The summed E-state index contributed by atoms with van der Waals surface area (Å²) in [4.78, 5) is 11.5. The highest BCUT2D eigenvalue weighted by Gasteiger charge is 2.16. The molecule has 0 amide bonds. The van der Waals surface area contributed by atoms with E-state index >= 15 is 0 Å². The molecule has 0 bridgehead atoms. The van der Waals surface area contributed by atoms with Gasteiger partial charge in [0.15, 0.2) is 11.5 Å². The third-order valence-corrected chi connectivity index (χ3v) is 2.54. The standard InChI is InChI=1S/C13H19NO4/c1-2-3-6-18-13(17)10(14)7-9-4-5-11(15)12(16)8-9/h4-5,8,10,15-16H,2-3,6-7,14H2,1H3/t10-/m0/s1. The van der Waals surface area contributed by atoms with Crippen molar-refractivity contribution in [2.24, 2.45) is 5.73 Å². The molecule has 0 saturated carbocycles. The summed E-state index contributed by atoms with van der Waals surface area (Å²) in [6.07, 6.45) is 2.03. The SMILES string of the molecule is CCCCOC(=O)[C@@H](N)Cc1ccc(O)c(O)c1. The van der Waals surface area contributed by atoms with E-state index in [0.717, 1.165) is 12.8 Å². The number of aromatic hydroxyl groups is 2. The molecular weight excluding hydrogens is 234 g/mol. The maximum absolute atomic E-state index is 11.5. The fraction of sp³-hybridized carbons (Fsp3) is 0.462. The summed E-state index contributed by atoms with van der Waals surface area (Å²) in [5, 5.41) is 18.5. The number of hydrogen-bond donors (Lipinski definition) is 3. The summed E-state index contributed by atoms with van der Waals surface area (Å²) in [5.41, 5.74) is 6.37. The molecular formula is C13H19NO4. The minimum absolute atomic E-state index is 0.196. The monoisotopic (exact) mass is 253 g/mol. The van der Waals surface area contributed by atoms with Crippen molar-refractivity contribution in [1.29, 1.82) is 0 Å². The highest BCUT2D eigenvalue weighted by Crippen LogP contribution is 2.25. The van der Waals surface area contributed by atoms with E-state index in [4.69, 9.17) is 15.6 Å². The second-order valence-electron chi connectivity index (χ2n) is 4.15. The van der Waals surface area contributed by atoms with E-state index in [-0.39, 0.29) is 17.9 Å². The number of phenols is 2. The van der Waals surface area contributed by atoms with Gasteiger partial charge in [-0.05, 0) is 30.5 Å². The number of rotatable bonds is 6. The predicted molar refractivity (Wildman–Crippen MR) is 67.3 cm³/mol. The number of unbranched alkanes of at least 4 members (excludes halogenated alkanes) is 1. The lowest BCUT2D eigenvalue weighted by Gasteiger charge is -2.11. The fourth-order valence-electron chi connectivity index (χ4n) is 1.46. The number of nitrogens with two attached hydrogens (primary N) is 1. The van der Waals surface area contributed by atoms with Crippen molar-refractivity contribution < 1.29 is 19.7 Å². The minimum atomic E-state index is -0.759. The maximum atomic E-state index is 11.5. The largest absolute Gasteiger partial charge is 0.504 e. The molecule has 0 heterocycles. The normalized spacial score (nSPS) is 12.1. The van der Waals surface area contributed by atoms with E-state index in [1.165, 1.54) is 12.1 Å². The molecule has 0 unspecified atom stereocenters. The van der Waals surface area contributed by atoms with Gasteiger partial charge in [-0.1, -0.05) is 19.4 Å². The molecule has 1 aromatic carbocycles. The van der Waals surface area contributed by atoms with Gasteiger partial charge in [0.2, 0.25) is 0 Å². The first-order valence-electron chi connectivity index (χ1n) is 5.97. The molecule has 0 saturated heterocycles. The fourth-order valence-corrected chi connectivity index (χ4v) is 1.46. The maximum Gasteiger partial charge on any atom is 0.323 e. The Morgan fingerprint density at radius 3 is 2.72 bits per heavy atom. The lowest BCUT2D eigenvalue weighted by molar-refractivity contribution is -0.145. The molecule has 0 aliphatic carbocycles. The Labute approximate surface area is 106 Å². The van der Waals surface area contributed by atoms with Crippen molar-refractivity contribution in [3.8, 4) is 11.5 Å². The molecule has 5 heteroatoms. The van der Waals surface area contributed by atoms with E-state index in [1.807, 2.05) is 6.92 Å². The van der Waals surface area contributed by atoms with Crippen molar-refractivity contribution in [3.05, 3.63) is 23.8 Å².